The number of aromatic nitrogens is 1. The molecule has 1 aromatic carbocycles. The fraction of sp³-hybridized carbons (Fsp3) is 0.655. The number of fused-ring (bicyclic) bond motifs is 1. The molecule has 7 heteroatoms. The second-order valence-corrected chi connectivity index (χ2v) is 11.1. The van der Waals surface area contributed by atoms with Crippen molar-refractivity contribution in [1.82, 2.24) is 9.88 Å². The summed E-state index contributed by atoms with van der Waals surface area (Å²) in [5, 5.41) is 10.9. The molecule has 0 unspecified atom stereocenters. The van der Waals surface area contributed by atoms with E-state index in [0.29, 0.717) is 41.8 Å². The van der Waals surface area contributed by atoms with Gasteiger partial charge in [0.1, 0.15) is 11.9 Å². The van der Waals surface area contributed by atoms with E-state index in [1.54, 1.807) is 13.3 Å². The van der Waals surface area contributed by atoms with Crippen LogP contribution in [0.15, 0.2) is 24.4 Å². The van der Waals surface area contributed by atoms with Crippen molar-refractivity contribution < 1.29 is 19.0 Å². The van der Waals surface area contributed by atoms with Gasteiger partial charge in [-0.1, -0.05) is 32.1 Å². The molecule has 198 valence electrons. The van der Waals surface area contributed by atoms with E-state index in [1.807, 2.05) is 37.2 Å². The summed E-state index contributed by atoms with van der Waals surface area (Å²) in [5.41, 5.74) is 1.13. The third-order valence-electron chi connectivity index (χ3n) is 8.61. The van der Waals surface area contributed by atoms with Gasteiger partial charge in [0.25, 0.3) is 0 Å². The summed E-state index contributed by atoms with van der Waals surface area (Å²) in [6, 6.07) is 5.49. The minimum Gasteiger partial charge on any atom is -0.497 e. The Morgan fingerprint density at radius 3 is 2.61 bits per heavy atom. The van der Waals surface area contributed by atoms with Crippen LogP contribution in [-0.2, 0) is 4.79 Å². The number of pyridine rings is 1. The highest BCUT2D eigenvalue weighted by Crippen LogP contribution is 2.43. The number of ether oxygens (including phenoxy) is 1. The number of alkyl halides is 1. The van der Waals surface area contributed by atoms with E-state index >= 15 is 4.39 Å². The lowest BCUT2D eigenvalue weighted by atomic mass is 9.74. The van der Waals surface area contributed by atoms with Crippen molar-refractivity contribution in [2.24, 2.45) is 11.3 Å². The first kappa shape index (κ1) is 26.6. The summed E-state index contributed by atoms with van der Waals surface area (Å²) in [7, 11) is 5.34. The van der Waals surface area contributed by atoms with Crippen molar-refractivity contribution in [2.45, 2.75) is 70.4 Å². The molecule has 1 saturated heterocycles. The number of carboxylic acid groups (broad SMARTS) is 1. The molecule has 0 amide bonds. The minimum atomic E-state index is -1.29. The summed E-state index contributed by atoms with van der Waals surface area (Å²) < 4.78 is 21.4. The highest BCUT2D eigenvalue weighted by Gasteiger charge is 2.42. The molecule has 1 saturated carbocycles. The normalized spacial score (nSPS) is 19.8. The first-order chi connectivity index (χ1) is 17.3. The summed E-state index contributed by atoms with van der Waals surface area (Å²) in [6.45, 7) is 2.63. The number of nitrogens with zero attached hydrogens (tertiary/aromatic N) is 3. The lowest BCUT2D eigenvalue weighted by Gasteiger charge is -2.40. The first-order valence-corrected chi connectivity index (χ1v) is 13.6. The zero-order valence-electron chi connectivity index (χ0n) is 22.1. The van der Waals surface area contributed by atoms with E-state index in [1.165, 1.54) is 38.5 Å². The van der Waals surface area contributed by atoms with Gasteiger partial charge in [-0.2, -0.15) is 0 Å². The van der Waals surface area contributed by atoms with Crippen LogP contribution in [0.3, 0.4) is 0 Å². The molecule has 6 nitrogen and oxygen atoms in total. The van der Waals surface area contributed by atoms with Gasteiger partial charge in [-0.3, -0.25) is 9.78 Å². The number of likely N-dealkylation sites (tertiary alicyclic amines) is 1. The minimum absolute atomic E-state index is 0.172. The molecule has 2 aromatic rings. The number of carbonyl (C=O) groups is 1. The maximum Gasteiger partial charge on any atom is 0.309 e. The van der Waals surface area contributed by atoms with Gasteiger partial charge >= 0.3 is 5.97 Å². The molecule has 1 aliphatic heterocycles. The standard InChI is InChI=1S/C29H42FN3O3/c1-32(2)26-20-31-25-10-9-22(36-3)19-23(25)27(26)24(30)11-13-29(28(34)35)14-17-33(18-15-29)16-12-21-7-5-4-6-8-21/h9-10,19-21,24H,4-8,11-18H2,1-3H3,(H,34,35)/t24-/m0/s1. The van der Waals surface area contributed by atoms with Gasteiger partial charge in [-0.05, 0) is 75.9 Å². The maximum absolute atomic E-state index is 16.0. The van der Waals surface area contributed by atoms with Crippen LogP contribution in [0.25, 0.3) is 10.9 Å². The number of hydrogen-bond acceptors (Lipinski definition) is 5. The van der Waals surface area contributed by atoms with Crippen molar-refractivity contribution in [3.05, 3.63) is 30.0 Å². The molecule has 1 N–H and O–H groups in total. The van der Waals surface area contributed by atoms with E-state index in [-0.39, 0.29) is 6.42 Å². The van der Waals surface area contributed by atoms with Crippen LogP contribution in [0, 0.1) is 11.3 Å². The Labute approximate surface area is 214 Å². The largest absolute Gasteiger partial charge is 0.497 e. The highest BCUT2D eigenvalue weighted by atomic mass is 19.1. The molecule has 2 aliphatic rings. The Morgan fingerprint density at radius 1 is 1.25 bits per heavy atom. The molecular weight excluding hydrogens is 457 g/mol. The second kappa shape index (κ2) is 11.8. The van der Waals surface area contributed by atoms with Crippen molar-refractivity contribution in [3.63, 3.8) is 0 Å². The fourth-order valence-electron chi connectivity index (χ4n) is 6.16. The van der Waals surface area contributed by atoms with Crippen LogP contribution in [0.1, 0.15) is 75.9 Å². The first-order valence-electron chi connectivity index (χ1n) is 13.6. The van der Waals surface area contributed by atoms with Crippen LogP contribution >= 0.6 is 0 Å². The Hall–Kier alpha value is -2.41. The second-order valence-electron chi connectivity index (χ2n) is 11.1. The molecule has 0 radical (unpaired) electrons. The highest BCUT2D eigenvalue weighted by molar-refractivity contribution is 5.88. The maximum atomic E-state index is 16.0. The molecule has 4 rings (SSSR count). The van der Waals surface area contributed by atoms with Crippen molar-refractivity contribution in [2.75, 3.05) is 45.7 Å². The molecule has 36 heavy (non-hydrogen) atoms. The van der Waals surface area contributed by atoms with Gasteiger partial charge in [-0.25, -0.2) is 4.39 Å². The van der Waals surface area contributed by atoms with Crippen LogP contribution in [0.5, 0.6) is 5.75 Å². The summed E-state index contributed by atoms with van der Waals surface area (Å²) >= 11 is 0. The molecular formula is C29H42FN3O3. The van der Waals surface area contributed by atoms with Crippen molar-refractivity contribution in [3.8, 4) is 5.75 Å². The van der Waals surface area contributed by atoms with Gasteiger partial charge in [-0.15, -0.1) is 0 Å². The zero-order chi connectivity index (χ0) is 25.7. The number of piperidine rings is 1. The number of methoxy groups -OCH3 is 1. The summed E-state index contributed by atoms with van der Waals surface area (Å²) in [4.78, 5) is 21.2. The number of aliphatic carboxylic acids is 1. The van der Waals surface area contributed by atoms with E-state index in [2.05, 4.69) is 9.88 Å². The lowest BCUT2D eigenvalue weighted by Crippen LogP contribution is -2.45. The summed E-state index contributed by atoms with van der Waals surface area (Å²) in [5.74, 6) is 0.698. The predicted molar refractivity (Wildman–Crippen MR) is 143 cm³/mol. The van der Waals surface area contributed by atoms with Gasteiger partial charge < -0.3 is 19.6 Å². The van der Waals surface area contributed by atoms with E-state index < -0.39 is 17.6 Å². The number of anilines is 1. The molecule has 1 aliphatic carbocycles. The zero-order valence-corrected chi connectivity index (χ0v) is 22.1. The Kier molecular flexibility index (Phi) is 8.70. The number of rotatable bonds is 10. The number of carboxylic acids is 1. The smallest absolute Gasteiger partial charge is 0.309 e. The number of halogens is 1. The van der Waals surface area contributed by atoms with Crippen molar-refractivity contribution >= 4 is 22.6 Å². The quantitative estimate of drug-likeness (QED) is 0.418. The van der Waals surface area contributed by atoms with E-state index in [0.717, 1.165) is 30.9 Å². The molecule has 0 bridgehead atoms. The molecule has 1 aromatic heterocycles. The fourth-order valence-corrected chi connectivity index (χ4v) is 6.16. The Morgan fingerprint density at radius 2 is 1.97 bits per heavy atom. The Balaban J connectivity index is 1.44. The lowest BCUT2D eigenvalue weighted by molar-refractivity contribution is -0.153. The SMILES string of the molecule is COc1ccc2ncc(N(C)C)c([C@@H](F)CCC3(C(=O)O)CCN(CCC4CCCCC4)CC3)c2c1. The molecule has 0 spiro atoms. The monoisotopic (exact) mass is 499 g/mol. The Bertz CT molecular complexity index is 1030. The predicted octanol–water partition coefficient (Wildman–Crippen LogP) is 6.24. The molecule has 2 heterocycles. The van der Waals surface area contributed by atoms with E-state index in [9.17, 15) is 9.90 Å². The number of benzene rings is 1. The topological polar surface area (TPSA) is 65.9 Å². The average Bonchev–Trinajstić information content (AvgIpc) is 2.90. The van der Waals surface area contributed by atoms with Crippen LogP contribution in [-0.4, -0.2) is 61.8 Å². The van der Waals surface area contributed by atoms with E-state index in [4.69, 9.17) is 4.74 Å². The van der Waals surface area contributed by atoms with Crippen LogP contribution in [0.4, 0.5) is 10.1 Å². The van der Waals surface area contributed by atoms with Crippen molar-refractivity contribution in [1.29, 1.82) is 0 Å². The van der Waals surface area contributed by atoms with Crippen LogP contribution < -0.4 is 9.64 Å². The van der Waals surface area contributed by atoms with Gasteiger partial charge in [0, 0.05) is 25.0 Å². The van der Waals surface area contributed by atoms with Gasteiger partial charge in [0.2, 0.25) is 0 Å². The summed E-state index contributed by atoms with van der Waals surface area (Å²) in [6.07, 6.45) is 10.1. The molecule has 1 atom stereocenters. The van der Waals surface area contributed by atoms with Gasteiger partial charge in [0.15, 0.2) is 0 Å². The number of hydrogen-bond donors (Lipinski definition) is 1. The molecule has 2 fully saturated rings. The average molecular weight is 500 g/mol. The third kappa shape index (κ3) is 5.93. The van der Waals surface area contributed by atoms with Crippen LogP contribution in [0.2, 0.25) is 0 Å². The third-order valence-corrected chi connectivity index (χ3v) is 8.61. The van der Waals surface area contributed by atoms with Gasteiger partial charge in [0.05, 0.1) is 29.9 Å².